The molecule has 1 aliphatic carbocycles. The Morgan fingerprint density at radius 3 is 2.19 bits per heavy atom. The highest BCUT2D eigenvalue weighted by Gasteiger charge is 2.33. The van der Waals surface area contributed by atoms with Crippen LogP contribution in [0.25, 0.3) is 0 Å². The van der Waals surface area contributed by atoms with Gasteiger partial charge in [0.05, 0.1) is 5.56 Å². The van der Waals surface area contributed by atoms with Crippen molar-refractivity contribution in [1.29, 1.82) is 0 Å². The second-order valence-corrected chi connectivity index (χ2v) is 8.07. The molecule has 0 aromatic heterocycles. The fourth-order valence-electron chi connectivity index (χ4n) is 4.43. The summed E-state index contributed by atoms with van der Waals surface area (Å²) in [6.07, 6.45) is 1.18. The van der Waals surface area contributed by atoms with Gasteiger partial charge in [0.1, 0.15) is 0 Å². The number of piperidine rings is 1. The van der Waals surface area contributed by atoms with Crippen molar-refractivity contribution in [3.05, 3.63) is 29.8 Å². The third kappa shape index (κ3) is 4.34. The van der Waals surface area contributed by atoms with E-state index in [1.807, 2.05) is 0 Å². The summed E-state index contributed by atoms with van der Waals surface area (Å²) in [4.78, 5) is 7.43. The molecule has 3 aliphatic rings. The molecule has 0 bridgehead atoms. The van der Waals surface area contributed by atoms with Crippen LogP contribution in [-0.2, 0) is 6.18 Å². The van der Waals surface area contributed by atoms with Gasteiger partial charge in [-0.3, -0.25) is 4.90 Å². The van der Waals surface area contributed by atoms with Crippen LogP contribution in [0.3, 0.4) is 0 Å². The van der Waals surface area contributed by atoms with Crippen LogP contribution in [0.15, 0.2) is 24.3 Å². The quantitative estimate of drug-likeness (QED) is 0.803. The van der Waals surface area contributed by atoms with Gasteiger partial charge in [-0.1, -0.05) is 0 Å². The molecule has 6 heteroatoms. The molecule has 0 radical (unpaired) electrons. The van der Waals surface area contributed by atoms with Gasteiger partial charge < -0.3 is 9.80 Å². The van der Waals surface area contributed by atoms with Gasteiger partial charge in [-0.2, -0.15) is 13.2 Å². The smallest absolute Gasteiger partial charge is 0.369 e. The third-order valence-electron chi connectivity index (χ3n) is 6.06. The van der Waals surface area contributed by atoms with E-state index in [1.54, 1.807) is 12.1 Å². The summed E-state index contributed by atoms with van der Waals surface area (Å²) in [6, 6.07) is 6.46. The Balaban J connectivity index is 1.26. The summed E-state index contributed by atoms with van der Waals surface area (Å²) < 4.78 is 38.1. The lowest BCUT2D eigenvalue weighted by Gasteiger charge is -2.40. The highest BCUT2D eigenvalue weighted by molar-refractivity contribution is 5.48. The van der Waals surface area contributed by atoms with Crippen LogP contribution in [0, 0.1) is 5.92 Å². The first-order valence-corrected chi connectivity index (χ1v) is 9.87. The molecular weight excluding hydrogens is 339 g/mol. The second kappa shape index (κ2) is 7.39. The minimum Gasteiger partial charge on any atom is -0.369 e. The Labute approximate surface area is 153 Å². The number of anilines is 1. The van der Waals surface area contributed by atoms with Gasteiger partial charge in [-0.15, -0.1) is 0 Å². The van der Waals surface area contributed by atoms with E-state index >= 15 is 0 Å². The summed E-state index contributed by atoms with van der Waals surface area (Å²) in [5, 5.41) is 0. The van der Waals surface area contributed by atoms with E-state index in [-0.39, 0.29) is 0 Å². The van der Waals surface area contributed by atoms with Gasteiger partial charge in [0, 0.05) is 51.0 Å². The van der Waals surface area contributed by atoms with Gasteiger partial charge in [0.15, 0.2) is 0 Å². The fraction of sp³-hybridized carbons (Fsp3) is 0.700. The normalized spacial score (nSPS) is 26.3. The predicted molar refractivity (Wildman–Crippen MR) is 97.4 cm³/mol. The number of piperazine rings is 1. The van der Waals surface area contributed by atoms with Crippen molar-refractivity contribution in [1.82, 2.24) is 9.80 Å². The monoisotopic (exact) mass is 367 g/mol. The Bertz CT molecular complexity index is 589. The predicted octanol–water partition coefficient (Wildman–Crippen LogP) is 3.70. The van der Waals surface area contributed by atoms with Crippen molar-refractivity contribution in [2.45, 2.75) is 37.9 Å². The Kier molecular flexibility index (Phi) is 5.15. The molecule has 2 aliphatic heterocycles. The maximum absolute atomic E-state index is 12.7. The minimum absolute atomic E-state index is 0.572. The zero-order valence-electron chi connectivity index (χ0n) is 15.2. The van der Waals surface area contributed by atoms with Gasteiger partial charge in [-0.25, -0.2) is 0 Å². The lowest BCUT2D eigenvalue weighted by Crippen LogP contribution is -2.49. The number of hydrogen-bond acceptors (Lipinski definition) is 3. The Hall–Kier alpha value is -1.27. The van der Waals surface area contributed by atoms with Crippen molar-refractivity contribution < 1.29 is 13.2 Å². The van der Waals surface area contributed by atoms with Crippen LogP contribution in [0.1, 0.15) is 31.2 Å². The van der Waals surface area contributed by atoms with Crippen molar-refractivity contribution in [3.63, 3.8) is 0 Å². The lowest BCUT2D eigenvalue weighted by molar-refractivity contribution is -0.137. The van der Waals surface area contributed by atoms with Crippen LogP contribution in [-0.4, -0.2) is 61.7 Å². The molecule has 144 valence electrons. The summed E-state index contributed by atoms with van der Waals surface area (Å²) in [5.74, 6) is 0.780. The zero-order chi connectivity index (χ0) is 18.1. The van der Waals surface area contributed by atoms with Crippen molar-refractivity contribution >= 4 is 5.69 Å². The largest absolute Gasteiger partial charge is 0.416 e. The Morgan fingerprint density at radius 1 is 0.885 bits per heavy atom. The number of likely N-dealkylation sites (tertiary alicyclic amines) is 1. The molecule has 4 rings (SSSR count). The van der Waals surface area contributed by atoms with Crippen LogP contribution in [0.4, 0.5) is 18.9 Å². The van der Waals surface area contributed by atoms with E-state index in [4.69, 9.17) is 0 Å². The van der Waals surface area contributed by atoms with Crippen LogP contribution >= 0.6 is 0 Å². The molecule has 3 nitrogen and oxygen atoms in total. The molecule has 1 atom stereocenters. The van der Waals surface area contributed by atoms with E-state index < -0.39 is 11.7 Å². The van der Waals surface area contributed by atoms with Crippen LogP contribution in [0.5, 0.6) is 0 Å². The van der Waals surface area contributed by atoms with E-state index in [0.29, 0.717) is 0 Å². The molecular formula is C20H28F3N3. The summed E-state index contributed by atoms with van der Waals surface area (Å²) in [6.45, 7) is 7.49. The summed E-state index contributed by atoms with van der Waals surface area (Å²) >= 11 is 0. The molecule has 3 fully saturated rings. The molecule has 0 amide bonds. The number of rotatable bonds is 4. The highest BCUT2D eigenvalue weighted by Crippen LogP contribution is 2.32. The number of hydrogen-bond donors (Lipinski definition) is 0. The molecule has 1 saturated carbocycles. The fourth-order valence-corrected chi connectivity index (χ4v) is 4.43. The number of halogens is 3. The second-order valence-electron chi connectivity index (χ2n) is 8.07. The van der Waals surface area contributed by atoms with Crippen LogP contribution < -0.4 is 4.90 Å². The first kappa shape index (κ1) is 18.1. The van der Waals surface area contributed by atoms with Gasteiger partial charge in [-0.05, 0) is 62.4 Å². The highest BCUT2D eigenvalue weighted by atomic mass is 19.4. The van der Waals surface area contributed by atoms with Gasteiger partial charge in [0.2, 0.25) is 0 Å². The van der Waals surface area contributed by atoms with E-state index in [0.717, 1.165) is 43.8 Å². The van der Waals surface area contributed by atoms with Crippen LogP contribution in [0.2, 0.25) is 0 Å². The standard InChI is InChI=1S/C20H28F3N3/c21-20(22,23)17-3-5-18(6-4-17)25-12-10-24(11-13-25)14-16-2-1-9-26(15-16)19-7-8-19/h3-6,16,19H,1-2,7-15H2. The number of alkyl halides is 3. The molecule has 2 saturated heterocycles. The lowest BCUT2D eigenvalue weighted by atomic mass is 9.97. The molecule has 2 heterocycles. The molecule has 0 N–H and O–H groups in total. The average Bonchev–Trinajstić information content (AvgIpc) is 3.47. The van der Waals surface area contributed by atoms with E-state index in [9.17, 15) is 13.2 Å². The first-order chi connectivity index (χ1) is 12.5. The number of nitrogens with zero attached hydrogens (tertiary/aromatic N) is 3. The van der Waals surface area contributed by atoms with Gasteiger partial charge >= 0.3 is 6.18 Å². The third-order valence-corrected chi connectivity index (χ3v) is 6.06. The average molecular weight is 367 g/mol. The molecule has 1 aromatic carbocycles. The molecule has 1 unspecified atom stereocenters. The topological polar surface area (TPSA) is 9.72 Å². The van der Waals surface area contributed by atoms with Crippen molar-refractivity contribution in [3.8, 4) is 0 Å². The van der Waals surface area contributed by atoms with E-state index in [1.165, 1.54) is 57.5 Å². The molecule has 0 spiro atoms. The molecule has 26 heavy (non-hydrogen) atoms. The summed E-state index contributed by atoms with van der Waals surface area (Å²) in [5.41, 5.74) is 0.327. The van der Waals surface area contributed by atoms with Crippen molar-refractivity contribution in [2.75, 3.05) is 50.7 Å². The maximum Gasteiger partial charge on any atom is 0.416 e. The van der Waals surface area contributed by atoms with Crippen molar-refractivity contribution in [2.24, 2.45) is 5.92 Å². The minimum atomic E-state index is -4.26. The zero-order valence-corrected chi connectivity index (χ0v) is 15.2. The maximum atomic E-state index is 12.7. The molecule has 1 aromatic rings. The summed E-state index contributed by atoms with van der Waals surface area (Å²) in [7, 11) is 0. The SMILES string of the molecule is FC(F)(F)c1ccc(N2CCN(CC3CCCN(C4CC4)C3)CC2)cc1. The van der Waals surface area contributed by atoms with Gasteiger partial charge in [0.25, 0.3) is 0 Å². The Morgan fingerprint density at radius 2 is 1.58 bits per heavy atom. The van der Waals surface area contributed by atoms with E-state index in [2.05, 4.69) is 14.7 Å². The number of benzene rings is 1. The first-order valence-electron chi connectivity index (χ1n) is 9.87.